The first-order valence-electron chi connectivity index (χ1n) is 7.39. The van der Waals surface area contributed by atoms with Gasteiger partial charge in [0.1, 0.15) is 10.7 Å². The van der Waals surface area contributed by atoms with Crippen molar-refractivity contribution < 1.29 is 43.8 Å². The zero-order valence-corrected chi connectivity index (χ0v) is 16.1. The van der Waals surface area contributed by atoms with Gasteiger partial charge in [-0.25, -0.2) is 4.39 Å². The molecule has 0 N–H and O–H groups in total. The minimum atomic E-state index is -5.24. The zero-order chi connectivity index (χ0) is 20.3. The molecule has 0 saturated carbocycles. The molecule has 1 rings (SSSR count). The first kappa shape index (κ1) is 23.0. The summed E-state index contributed by atoms with van der Waals surface area (Å²) in [6.07, 6.45) is -7.63. The van der Waals surface area contributed by atoms with E-state index in [1.165, 1.54) is 27.7 Å². The molecule has 26 heavy (non-hydrogen) atoms. The maximum absolute atomic E-state index is 13.8. The maximum Gasteiger partial charge on any atom is 0.417 e. The lowest BCUT2D eigenvalue weighted by atomic mass is 10.2. The van der Waals surface area contributed by atoms with E-state index in [2.05, 4.69) is 4.18 Å². The molecule has 0 saturated heterocycles. The van der Waals surface area contributed by atoms with Gasteiger partial charge in [-0.3, -0.25) is 8.75 Å². The molecule has 0 radical (unpaired) electrons. The van der Waals surface area contributed by atoms with Gasteiger partial charge in [0.15, 0.2) is 6.35 Å². The van der Waals surface area contributed by atoms with Gasteiger partial charge in [-0.1, -0.05) is 6.07 Å². The fourth-order valence-electron chi connectivity index (χ4n) is 1.91. The third-order valence-corrected chi connectivity index (χ3v) is 6.08. The van der Waals surface area contributed by atoms with Crippen molar-refractivity contribution in [2.75, 3.05) is 6.35 Å². The van der Waals surface area contributed by atoms with Crippen LogP contribution in [0.4, 0.5) is 17.6 Å². The normalized spacial score (nSPS) is 13.6. The summed E-state index contributed by atoms with van der Waals surface area (Å²) in [5.41, 5.74) is -1.73. The summed E-state index contributed by atoms with van der Waals surface area (Å²) >= 11 is 0. The van der Waals surface area contributed by atoms with Crippen LogP contribution < -0.4 is 0 Å². The van der Waals surface area contributed by atoms with Gasteiger partial charge in [-0.2, -0.15) is 21.6 Å². The molecule has 0 spiro atoms. The highest BCUT2D eigenvalue weighted by Crippen LogP contribution is 2.51. The summed E-state index contributed by atoms with van der Waals surface area (Å²) in [6, 6.07) is 1.65. The first-order valence-corrected chi connectivity index (χ1v) is 10.5. The van der Waals surface area contributed by atoms with E-state index >= 15 is 0 Å². The molecule has 150 valence electrons. The average molecular weight is 422 g/mol. The molecule has 12 heteroatoms. The molecule has 0 amide bonds. The molecule has 1 aromatic rings. The van der Waals surface area contributed by atoms with Crippen LogP contribution in [0.2, 0.25) is 0 Å². The van der Waals surface area contributed by atoms with Crippen molar-refractivity contribution in [2.24, 2.45) is 0 Å². The molecule has 0 aliphatic carbocycles. The van der Waals surface area contributed by atoms with Crippen LogP contribution in [-0.2, 0) is 34.1 Å². The minimum absolute atomic E-state index is 0.397. The zero-order valence-electron chi connectivity index (χ0n) is 14.4. The van der Waals surface area contributed by atoms with Gasteiger partial charge in [0.25, 0.3) is 0 Å². The quantitative estimate of drug-likeness (QED) is 0.348. The Morgan fingerprint density at radius 2 is 1.58 bits per heavy atom. The molecule has 0 fully saturated rings. The SMILES string of the molecule is CC(C)OP(=O)(COS(=O)(=O)c1c(F)cccc1C(F)(F)F)OC(C)C. The Bertz CT molecular complexity index is 762. The minimum Gasteiger partial charge on any atom is -0.304 e. The van der Waals surface area contributed by atoms with Crippen molar-refractivity contribution in [3.8, 4) is 0 Å². The number of halogens is 4. The van der Waals surface area contributed by atoms with Crippen molar-refractivity contribution in [1.82, 2.24) is 0 Å². The van der Waals surface area contributed by atoms with Crippen molar-refractivity contribution in [3.63, 3.8) is 0 Å². The monoisotopic (exact) mass is 422 g/mol. The van der Waals surface area contributed by atoms with E-state index in [9.17, 15) is 30.5 Å². The summed E-state index contributed by atoms with van der Waals surface area (Å²) in [4.78, 5) is -1.69. The topological polar surface area (TPSA) is 78.9 Å². The third-order valence-electron chi connectivity index (χ3n) is 2.63. The highest BCUT2D eigenvalue weighted by Gasteiger charge is 2.41. The van der Waals surface area contributed by atoms with Crippen molar-refractivity contribution in [3.05, 3.63) is 29.6 Å². The van der Waals surface area contributed by atoms with E-state index in [1.807, 2.05) is 0 Å². The number of benzene rings is 1. The molecule has 1 aromatic carbocycles. The summed E-state index contributed by atoms with van der Waals surface area (Å²) in [7, 11) is -9.36. The number of rotatable bonds is 8. The van der Waals surface area contributed by atoms with Crippen LogP contribution in [0.15, 0.2) is 23.1 Å². The Morgan fingerprint density at radius 3 is 2.00 bits per heavy atom. The van der Waals surface area contributed by atoms with Crippen molar-refractivity contribution >= 4 is 17.7 Å². The standard InChI is InChI=1S/C14H19F4O6PS/c1-9(2)23-25(19,24-10(3)4)8-22-26(20,21)13-11(14(16,17)18)6-5-7-12(13)15/h5-7,9-10H,8H2,1-4H3. The lowest BCUT2D eigenvalue weighted by Crippen LogP contribution is -2.19. The molecular formula is C14H19F4O6PS. The summed E-state index contributed by atoms with van der Waals surface area (Å²) in [6.45, 7) is 5.96. The van der Waals surface area contributed by atoms with Crippen LogP contribution in [0, 0.1) is 5.82 Å². The van der Waals surface area contributed by atoms with E-state index in [0.29, 0.717) is 18.2 Å². The molecule has 0 bridgehead atoms. The van der Waals surface area contributed by atoms with Gasteiger partial charge in [-0.05, 0) is 39.8 Å². The fraction of sp³-hybridized carbons (Fsp3) is 0.571. The first-order chi connectivity index (χ1) is 11.7. The third kappa shape index (κ3) is 6.31. The van der Waals surface area contributed by atoms with Crippen molar-refractivity contribution in [2.45, 2.75) is 51.0 Å². The number of alkyl halides is 3. The Hall–Kier alpha value is -1.00. The highest BCUT2D eigenvalue weighted by atomic mass is 32.2. The largest absolute Gasteiger partial charge is 0.417 e. The van der Waals surface area contributed by atoms with Gasteiger partial charge in [0.05, 0.1) is 17.8 Å². The molecule has 0 aliphatic heterocycles. The van der Waals surface area contributed by atoms with Gasteiger partial charge in [0, 0.05) is 0 Å². The van der Waals surface area contributed by atoms with Crippen molar-refractivity contribution in [1.29, 1.82) is 0 Å². The van der Waals surface area contributed by atoms with Gasteiger partial charge < -0.3 is 9.05 Å². The predicted octanol–water partition coefficient (Wildman–Crippen LogP) is 4.55. The number of hydrogen-bond donors (Lipinski definition) is 0. The second-order valence-electron chi connectivity index (χ2n) is 5.73. The van der Waals surface area contributed by atoms with Gasteiger partial charge in [-0.15, -0.1) is 0 Å². The van der Waals surface area contributed by atoms with Crippen LogP contribution in [0.3, 0.4) is 0 Å². The van der Waals surface area contributed by atoms with E-state index < -0.39 is 58.7 Å². The van der Waals surface area contributed by atoms with E-state index in [-0.39, 0.29) is 0 Å². The average Bonchev–Trinajstić information content (AvgIpc) is 2.42. The summed E-state index contributed by atoms with van der Waals surface area (Å²) < 4.78 is 104. The molecule has 6 nitrogen and oxygen atoms in total. The van der Waals surface area contributed by atoms with Crippen LogP contribution in [-0.4, -0.2) is 27.0 Å². The second-order valence-corrected chi connectivity index (χ2v) is 9.19. The Balaban J connectivity index is 3.23. The molecule has 0 heterocycles. The van der Waals surface area contributed by atoms with E-state index in [4.69, 9.17) is 9.05 Å². The van der Waals surface area contributed by atoms with Gasteiger partial charge in [0.2, 0.25) is 0 Å². The van der Waals surface area contributed by atoms with Crippen LogP contribution >= 0.6 is 7.60 Å². The molecule has 0 aliphatic rings. The molecule has 0 aromatic heterocycles. The highest BCUT2D eigenvalue weighted by molar-refractivity contribution is 7.87. The van der Waals surface area contributed by atoms with E-state index in [1.54, 1.807) is 0 Å². The smallest absolute Gasteiger partial charge is 0.304 e. The molecule has 0 unspecified atom stereocenters. The Morgan fingerprint density at radius 1 is 1.08 bits per heavy atom. The second kappa shape index (κ2) is 8.35. The Kier molecular flexibility index (Phi) is 7.40. The Labute approximate surface area is 149 Å². The van der Waals surface area contributed by atoms with Crippen LogP contribution in [0.5, 0.6) is 0 Å². The lowest BCUT2D eigenvalue weighted by Gasteiger charge is -2.22. The lowest BCUT2D eigenvalue weighted by molar-refractivity contribution is -0.140. The maximum atomic E-state index is 13.8. The predicted molar refractivity (Wildman–Crippen MR) is 84.6 cm³/mol. The molecular weight excluding hydrogens is 403 g/mol. The molecule has 0 atom stereocenters. The van der Waals surface area contributed by atoms with Crippen LogP contribution in [0.25, 0.3) is 0 Å². The van der Waals surface area contributed by atoms with Gasteiger partial charge >= 0.3 is 23.9 Å². The number of hydrogen-bond acceptors (Lipinski definition) is 6. The van der Waals surface area contributed by atoms with E-state index in [0.717, 1.165) is 0 Å². The fourth-order valence-corrected chi connectivity index (χ4v) is 5.31. The summed E-state index contributed by atoms with van der Waals surface area (Å²) in [5, 5.41) is 0. The summed E-state index contributed by atoms with van der Waals surface area (Å²) in [5.74, 6) is -1.65. The van der Waals surface area contributed by atoms with Crippen LogP contribution in [0.1, 0.15) is 33.3 Å².